The minimum Gasteiger partial charge on any atom is -0.425 e. The summed E-state index contributed by atoms with van der Waals surface area (Å²) in [4.78, 5) is 10.8. The lowest BCUT2D eigenvalue weighted by molar-refractivity contribution is -0.131. The Balaban J connectivity index is 2.71. The predicted molar refractivity (Wildman–Crippen MR) is 55.1 cm³/mol. The van der Waals surface area contributed by atoms with Crippen LogP contribution in [0.25, 0.3) is 10.9 Å². The van der Waals surface area contributed by atoms with Gasteiger partial charge in [-0.2, -0.15) is 5.10 Å². The number of aromatic nitrogens is 2. The molecule has 0 fully saturated rings. The van der Waals surface area contributed by atoms with Crippen LogP contribution in [0.4, 0.5) is 4.39 Å². The molecule has 0 bridgehead atoms. The maximum atomic E-state index is 13.4. The number of halogens is 2. The third-order valence-electron chi connectivity index (χ3n) is 1.84. The molecule has 0 unspecified atom stereocenters. The molecule has 0 aliphatic heterocycles. The molecule has 78 valence electrons. The lowest BCUT2D eigenvalue weighted by atomic mass is 10.2. The van der Waals surface area contributed by atoms with Gasteiger partial charge in [0.05, 0.1) is 21.6 Å². The Labute approximate surface area is 92.5 Å². The molecule has 6 heteroatoms. The van der Waals surface area contributed by atoms with Gasteiger partial charge in [-0.15, -0.1) is 0 Å². The van der Waals surface area contributed by atoms with E-state index in [1.54, 1.807) is 0 Å². The van der Waals surface area contributed by atoms with E-state index in [0.29, 0.717) is 10.9 Å². The van der Waals surface area contributed by atoms with Crippen molar-refractivity contribution in [2.75, 3.05) is 0 Å². The van der Waals surface area contributed by atoms with Gasteiger partial charge in [0.2, 0.25) is 0 Å². The van der Waals surface area contributed by atoms with Gasteiger partial charge in [-0.25, -0.2) is 4.39 Å². The van der Waals surface area contributed by atoms with E-state index in [1.807, 2.05) is 0 Å². The number of rotatable bonds is 1. The van der Waals surface area contributed by atoms with E-state index in [-0.39, 0.29) is 10.2 Å². The van der Waals surface area contributed by atoms with Crippen LogP contribution in [0.3, 0.4) is 0 Å². The molecule has 0 spiro atoms. The van der Waals surface area contributed by atoms with Gasteiger partial charge in [0, 0.05) is 13.0 Å². The van der Waals surface area contributed by atoms with Crippen molar-refractivity contribution in [1.82, 2.24) is 10.2 Å². The van der Waals surface area contributed by atoms with Crippen LogP contribution in [0.5, 0.6) is 5.75 Å². The summed E-state index contributed by atoms with van der Waals surface area (Å²) >= 11 is 3.02. The molecule has 0 aliphatic rings. The van der Waals surface area contributed by atoms with Crippen LogP contribution in [-0.4, -0.2) is 16.2 Å². The van der Waals surface area contributed by atoms with Crippen LogP contribution < -0.4 is 4.74 Å². The third kappa shape index (κ3) is 1.72. The number of hydrogen-bond donors (Lipinski definition) is 1. The number of carbonyl (C=O) groups excluding carboxylic acids is 1. The fourth-order valence-corrected chi connectivity index (χ4v) is 1.66. The molecular formula is C9H6BrFN2O2. The second kappa shape index (κ2) is 3.62. The van der Waals surface area contributed by atoms with Crippen LogP contribution in [0, 0.1) is 5.82 Å². The summed E-state index contributed by atoms with van der Waals surface area (Å²) in [5.74, 6) is -0.877. The Hall–Kier alpha value is -1.43. The SMILES string of the molecule is CC(=O)Oc1c(Br)c(F)cc2[nH]ncc12. The summed E-state index contributed by atoms with van der Waals surface area (Å²) in [6.07, 6.45) is 1.47. The topological polar surface area (TPSA) is 55.0 Å². The molecule has 0 atom stereocenters. The highest BCUT2D eigenvalue weighted by Gasteiger charge is 2.15. The zero-order valence-corrected chi connectivity index (χ0v) is 9.26. The Morgan fingerprint density at radius 3 is 3.07 bits per heavy atom. The van der Waals surface area contributed by atoms with Crippen LogP contribution in [0.15, 0.2) is 16.7 Å². The molecule has 0 saturated heterocycles. The summed E-state index contributed by atoms with van der Waals surface area (Å²) in [6.45, 7) is 1.25. The van der Waals surface area contributed by atoms with Crippen molar-refractivity contribution in [1.29, 1.82) is 0 Å². The van der Waals surface area contributed by atoms with Gasteiger partial charge in [-0.3, -0.25) is 9.89 Å². The summed E-state index contributed by atoms with van der Waals surface area (Å²) in [5, 5.41) is 6.90. The highest BCUT2D eigenvalue weighted by atomic mass is 79.9. The largest absolute Gasteiger partial charge is 0.425 e. The molecule has 1 heterocycles. The van der Waals surface area contributed by atoms with Crippen LogP contribution in [0.2, 0.25) is 0 Å². The second-order valence-electron chi connectivity index (χ2n) is 2.93. The monoisotopic (exact) mass is 272 g/mol. The van der Waals surface area contributed by atoms with E-state index in [2.05, 4.69) is 26.1 Å². The number of fused-ring (bicyclic) bond motifs is 1. The normalized spacial score (nSPS) is 10.6. The lowest BCUT2D eigenvalue weighted by Gasteiger charge is -2.05. The summed E-state index contributed by atoms with van der Waals surface area (Å²) in [7, 11) is 0. The Morgan fingerprint density at radius 1 is 1.67 bits per heavy atom. The highest BCUT2D eigenvalue weighted by molar-refractivity contribution is 9.10. The van der Waals surface area contributed by atoms with Gasteiger partial charge >= 0.3 is 5.97 Å². The first-order chi connectivity index (χ1) is 7.09. The maximum Gasteiger partial charge on any atom is 0.308 e. The first-order valence-corrected chi connectivity index (χ1v) is 4.88. The van der Waals surface area contributed by atoms with Crippen LogP contribution in [-0.2, 0) is 4.79 Å². The summed E-state index contributed by atoms with van der Waals surface area (Å²) in [6, 6.07) is 1.28. The molecule has 0 amide bonds. The van der Waals surface area contributed by atoms with Crippen LogP contribution >= 0.6 is 15.9 Å². The quantitative estimate of drug-likeness (QED) is 0.641. The van der Waals surface area contributed by atoms with Crippen molar-refractivity contribution in [2.45, 2.75) is 6.92 Å². The molecule has 0 saturated carbocycles. The van der Waals surface area contributed by atoms with Crippen molar-refractivity contribution in [3.8, 4) is 5.75 Å². The number of benzene rings is 1. The zero-order chi connectivity index (χ0) is 11.0. The van der Waals surface area contributed by atoms with Crippen molar-refractivity contribution >= 4 is 32.8 Å². The molecule has 15 heavy (non-hydrogen) atoms. The van der Waals surface area contributed by atoms with Crippen molar-refractivity contribution in [3.05, 3.63) is 22.6 Å². The summed E-state index contributed by atoms with van der Waals surface area (Å²) in [5.41, 5.74) is 0.479. The molecule has 0 radical (unpaired) electrons. The molecule has 1 N–H and O–H groups in total. The van der Waals surface area contributed by atoms with Crippen molar-refractivity contribution in [3.63, 3.8) is 0 Å². The number of nitrogens with one attached hydrogen (secondary N) is 1. The minimum atomic E-state index is -0.511. The van der Waals surface area contributed by atoms with Gasteiger partial charge < -0.3 is 4.74 Å². The Morgan fingerprint density at radius 2 is 2.40 bits per heavy atom. The number of hydrogen-bond acceptors (Lipinski definition) is 3. The Kier molecular flexibility index (Phi) is 2.44. The van der Waals surface area contributed by atoms with E-state index in [0.717, 1.165) is 0 Å². The number of esters is 1. The van der Waals surface area contributed by atoms with Gasteiger partial charge in [0.15, 0.2) is 5.75 Å². The zero-order valence-electron chi connectivity index (χ0n) is 7.67. The average molecular weight is 273 g/mol. The fraction of sp³-hybridized carbons (Fsp3) is 0.111. The Bertz CT molecular complexity index is 538. The molecule has 0 aliphatic carbocycles. The molecule has 2 aromatic rings. The van der Waals surface area contributed by atoms with E-state index in [4.69, 9.17) is 4.74 Å². The van der Waals surface area contributed by atoms with Gasteiger partial charge in [-0.1, -0.05) is 0 Å². The van der Waals surface area contributed by atoms with E-state index in [9.17, 15) is 9.18 Å². The summed E-state index contributed by atoms with van der Waals surface area (Å²) < 4.78 is 18.4. The number of nitrogens with zero attached hydrogens (tertiary/aromatic N) is 1. The number of H-pyrrole nitrogens is 1. The first-order valence-electron chi connectivity index (χ1n) is 4.09. The smallest absolute Gasteiger partial charge is 0.308 e. The number of aromatic amines is 1. The van der Waals surface area contributed by atoms with Gasteiger partial charge in [0.25, 0.3) is 0 Å². The molecule has 1 aromatic heterocycles. The standard InChI is InChI=1S/C9H6BrFN2O2/c1-4(14)15-9-5-3-12-13-7(5)2-6(11)8(9)10/h2-3H,1H3,(H,12,13). The lowest BCUT2D eigenvalue weighted by Crippen LogP contribution is -2.03. The van der Waals surface area contributed by atoms with E-state index < -0.39 is 11.8 Å². The van der Waals surface area contributed by atoms with E-state index >= 15 is 0 Å². The molecule has 2 rings (SSSR count). The maximum absolute atomic E-state index is 13.4. The first kappa shape index (κ1) is 10.1. The highest BCUT2D eigenvalue weighted by Crippen LogP contribution is 2.35. The average Bonchev–Trinajstić information content (AvgIpc) is 2.59. The van der Waals surface area contributed by atoms with Gasteiger partial charge in [0.1, 0.15) is 5.82 Å². The van der Waals surface area contributed by atoms with Gasteiger partial charge in [-0.05, 0) is 15.9 Å². The third-order valence-corrected chi connectivity index (χ3v) is 2.58. The van der Waals surface area contributed by atoms with E-state index in [1.165, 1.54) is 19.2 Å². The fourth-order valence-electron chi connectivity index (χ4n) is 1.25. The number of carbonyl (C=O) groups is 1. The number of ether oxygens (including phenoxy) is 1. The predicted octanol–water partition coefficient (Wildman–Crippen LogP) is 2.39. The molecular weight excluding hydrogens is 267 g/mol. The van der Waals surface area contributed by atoms with Crippen molar-refractivity contribution < 1.29 is 13.9 Å². The molecule has 4 nitrogen and oxygen atoms in total. The van der Waals surface area contributed by atoms with Crippen LogP contribution in [0.1, 0.15) is 6.92 Å². The van der Waals surface area contributed by atoms with Crippen molar-refractivity contribution in [2.24, 2.45) is 0 Å². The molecule has 1 aromatic carbocycles. The minimum absolute atomic E-state index is 0.117. The second-order valence-corrected chi connectivity index (χ2v) is 3.72.